The van der Waals surface area contributed by atoms with Crippen LogP contribution in [0.2, 0.25) is 0 Å². The molecule has 1 heterocycles. The van der Waals surface area contributed by atoms with Crippen molar-refractivity contribution in [3.63, 3.8) is 0 Å². The van der Waals surface area contributed by atoms with E-state index in [-0.39, 0.29) is 44.6 Å². The molecule has 0 saturated heterocycles. The number of ether oxygens (including phenoxy) is 3. The molecule has 1 unspecified atom stereocenters. The molecule has 0 aliphatic heterocycles. The second-order valence-corrected chi connectivity index (χ2v) is 5.15. The van der Waals surface area contributed by atoms with Gasteiger partial charge in [-0.05, 0) is 17.4 Å². The van der Waals surface area contributed by atoms with Crippen LogP contribution in [0, 0.1) is 19.9 Å². The van der Waals surface area contributed by atoms with Gasteiger partial charge in [0.1, 0.15) is 0 Å². The molecule has 0 bridgehead atoms. The summed E-state index contributed by atoms with van der Waals surface area (Å²) in [5.74, 6) is 0.498. The van der Waals surface area contributed by atoms with Crippen LogP contribution in [0.3, 0.4) is 0 Å². The Bertz CT molecular complexity index is 778. The molecule has 1 aromatic heterocycles. The monoisotopic (exact) mass is 435 g/mol. The third kappa shape index (κ3) is 5.84. The number of aromatic nitrogens is 4. The van der Waals surface area contributed by atoms with E-state index in [4.69, 9.17) is 9.47 Å². The van der Waals surface area contributed by atoms with Gasteiger partial charge in [0.05, 0.1) is 7.11 Å². The summed E-state index contributed by atoms with van der Waals surface area (Å²) in [6.07, 6.45) is -1.77. The number of nitrogens with zero attached hydrogens (tertiary/aromatic N) is 5. The average molecular weight is 435 g/mol. The third-order valence-electron chi connectivity index (χ3n) is 3.24. The van der Waals surface area contributed by atoms with Crippen LogP contribution in [0.5, 0.6) is 0 Å². The number of hydrogen-bond acceptors (Lipinski definition) is 8. The molecule has 0 fully saturated rings. The van der Waals surface area contributed by atoms with Gasteiger partial charge in [-0.15, -0.1) is 0 Å². The summed E-state index contributed by atoms with van der Waals surface area (Å²) >= 11 is 0. The molecule has 0 amide bonds. The number of rotatable bonds is 5. The van der Waals surface area contributed by atoms with Crippen LogP contribution >= 0.6 is 0 Å². The van der Waals surface area contributed by atoms with Crippen molar-refractivity contribution in [2.24, 2.45) is 4.99 Å². The van der Waals surface area contributed by atoms with Crippen LogP contribution in [0.15, 0.2) is 17.1 Å². The summed E-state index contributed by atoms with van der Waals surface area (Å²) in [7, 11) is 1.22. The zero-order chi connectivity index (χ0) is 18.4. The molecule has 2 aromatic rings. The van der Waals surface area contributed by atoms with Gasteiger partial charge in [0.2, 0.25) is 6.29 Å². The quantitative estimate of drug-likeness (QED) is 0.234. The topological polar surface area (TPSA) is 101 Å². The maximum Gasteiger partial charge on any atom is 0.511 e. The Labute approximate surface area is 177 Å². The minimum absolute atomic E-state index is 0. The van der Waals surface area contributed by atoms with Crippen LogP contribution in [-0.4, -0.2) is 45.7 Å². The number of carbonyl (C=O) groups is 1. The van der Waals surface area contributed by atoms with Crippen LogP contribution in [0.4, 0.5) is 10.7 Å². The summed E-state index contributed by atoms with van der Waals surface area (Å²) in [6.45, 7) is 7.82. The van der Waals surface area contributed by atoms with Crippen LogP contribution in [-0.2, 0) is 53.5 Å². The first-order chi connectivity index (χ1) is 11.9. The van der Waals surface area contributed by atoms with E-state index in [1.807, 2.05) is 32.9 Å². The summed E-state index contributed by atoms with van der Waals surface area (Å²) < 4.78 is 16.6. The maximum atomic E-state index is 11.3. The first kappa shape index (κ1) is 22.2. The third-order valence-corrected chi connectivity index (χ3v) is 3.24. The Morgan fingerprint density at radius 1 is 1.35 bits per heavy atom. The fraction of sp³-hybridized carbons (Fsp3) is 0.438. The first-order valence-electron chi connectivity index (χ1n) is 7.70. The van der Waals surface area contributed by atoms with E-state index in [2.05, 4.69) is 31.3 Å². The smallest absolute Gasteiger partial charge is 0.448 e. The second kappa shape index (κ2) is 10.3. The molecule has 0 spiro atoms. The van der Waals surface area contributed by atoms with E-state index in [1.54, 1.807) is 6.92 Å². The summed E-state index contributed by atoms with van der Waals surface area (Å²) in [6, 6.07) is 6.94. The van der Waals surface area contributed by atoms with Gasteiger partial charge in [-0.1, -0.05) is 24.5 Å². The molecular formula is C16H20N5O4Y-. The molecule has 2 rings (SSSR count). The molecule has 0 aliphatic rings. The Morgan fingerprint density at radius 2 is 2.08 bits per heavy atom. The second-order valence-electron chi connectivity index (χ2n) is 5.15. The molecule has 0 aliphatic carbocycles. The Hall–Kier alpha value is -1.87. The van der Waals surface area contributed by atoms with E-state index in [0.717, 1.165) is 11.1 Å². The molecular weight excluding hydrogens is 415 g/mol. The molecule has 10 heteroatoms. The van der Waals surface area contributed by atoms with Gasteiger partial charge in [-0.3, -0.25) is 0 Å². The van der Waals surface area contributed by atoms with E-state index in [0.29, 0.717) is 12.1 Å². The average Bonchev–Trinajstić information content (AvgIpc) is 3.01. The van der Waals surface area contributed by atoms with E-state index in [1.165, 1.54) is 11.8 Å². The van der Waals surface area contributed by atoms with Crippen molar-refractivity contribution in [3.8, 4) is 0 Å². The SMILES string of the molecule is CCn1nnnc1N=C(OC(C)OC(=O)OC)c1ccc(C)[c-]c1C.[Y]. The molecule has 1 radical (unpaired) electrons. The van der Waals surface area contributed by atoms with Gasteiger partial charge >= 0.3 is 6.16 Å². The molecule has 1 aromatic carbocycles. The van der Waals surface area contributed by atoms with Crippen molar-refractivity contribution in [1.82, 2.24) is 20.2 Å². The van der Waals surface area contributed by atoms with Gasteiger partial charge in [-0.25, -0.2) is 9.48 Å². The van der Waals surface area contributed by atoms with Crippen molar-refractivity contribution >= 4 is 18.0 Å². The number of aliphatic imine (C=N–C) groups is 1. The molecule has 0 N–H and O–H groups in total. The summed E-state index contributed by atoms with van der Waals surface area (Å²) in [4.78, 5) is 15.7. The van der Waals surface area contributed by atoms with E-state index < -0.39 is 12.4 Å². The molecule has 0 saturated carbocycles. The van der Waals surface area contributed by atoms with Crippen molar-refractivity contribution in [2.45, 2.75) is 40.5 Å². The van der Waals surface area contributed by atoms with Crippen molar-refractivity contribution < 1.29 is 51.7 Å². The Kier molecular flexibility index (Phi) is 8.80. The number of tetrazole rings is 1. The van der Waals surface area contributed by atoms with E-state index >= 15 is 0 Å². The fourth-order valence-corrected chi connectivity index (χ4v) is 2.06. The zero-order valence-corrected chi connectivity index (χ0v) is 18.2. The number of carbonyl (C=O) groups excluding carboxylic acids is 1. The maximum absolute atomic E-state index is 11.3. The molecule has 9 nitrogen and oxygen atoms in total. The molecule has 26 heavy (non-hydrogen) atoms. The van der Waals surface area contributed by atoms with Crippen molar-refractivity contribution in [2.75, 3.05) is 7.11 Å². The minimum atomic E-state index is -0.919. The van der Waals surface area contributed by atoms with Gasteiger partial charge in [0.15, 0.2) is 5.90 Å². The summed E-state index contributed by atoms with van der Waals surface area (Å²) in [5.41, 5.74) is 2.51. The van der Waals surface area contributed by atoms with Crippen LogP contribution < -0.4 is 0 Å². The number of benzene rings is 1. The van der Waals surface area contributed by atoms with Crippen LogP contribution in [0.25, 0.3) is 0 Å². The Morgan fingerprint density at radius 3 is 2.69 bits per heavy atom. The number of aryl methyl sites for hydroxylation is 3. The van der Waals surface area contributed by atoms with Gasteiger partial charge in [-0.2, -0.15) is 34.3 Å². The number of hydrogen-bond donors (Lipinski definition) is 0. The predicted octanol–water partition coefficient (Wildman–Crippen LogP) is 2.33. The molecule has 137 valence electrons. The van der Waals surface area contributed by atoms with Gasteiger partial charge in [0.25, 0.3) is 5.95 Å². The largest absolute Gasteiger partial charge is 0.511 e. The van der Waals surface area contributed by atoms with Gasteiger partial charge < -0.3 is 14.2 Å². The van der Waals surface area contributed by atoms with Crippen molar-refractivity contribution in [1.29, 1.82) is 0 Å². The number of methoxy groups -OCH3 is 1. The van der Waals surface area contributed by atoms with E-state index in [9.17, 15) is 4.79 Å². The first-order valence-corrected chi connectivity index (χ1v) is 7.70. The minimum Gasteiger partial charge on any atom is -0.448 e. The van der Waals surface area contributed by atoms with Crippen LogP contribution in [0.1, 0.15) is 30.5 Å². The summed E-state index contributed by atoms with van der Waals surface area (Å²) in [5, 5.41) is 11.3. The standard InChI is InChI=1S/C16H20N5O4.Y/c1-6-21-15(18-19-20-21)17-14(24-12(4)25-16(22)23-5)13-8-7-10(2)9-11(13)3;/h7-8,12H,6H2,1-5H3;/q-1;. The van der Waals surface area contributed by atoms with Gasteiger partial charge in [0, 0.05) is 46.2 Å². The normalized spacial score (nSPS) is 12.1. The van der Waals surface area contributed by atoms with Crippen molar-refractivity contribution in [3.05, 3.63) is 34.9 Å². The zero-order valence-electron chi connectivity index (χ0n) is 15.4. The predicted molar refractivity (Wildman–Crippen MR) is 88.5 cm³/mol. The Balaban J connectivity index is 0.00000338. The fourth-order valence-electron chi connectivity index (χ4n) is 2.06. The molecule has 1 atom stereocenters.